The van der Waals surface area contributed by atoms with Crippen molar-refractivity contribution in [2.45, 2.75) is 78.1 Å². The summed E-state index contributed by atoms with van der Waals surface area (Å²) in [5.41, 5.74) is 1.52. The predicted molar refractivity (Wildman–Crippen MR) is 152 cm³/mol. The first-order chi connectivity index (χ1) is 20.1. The molecule has 0 bridgehead atoms. The zero-order chi connectivity index (χ0) is 30.1. The summed E-state index contributed by atoms with van der Waals surface area (Å²) in [6.45, 7) is 4.11. The first kappa shape index (κ1) is 30.7. The van der Waals surface area contributed by atoms with Crippen LogP contribution in [0.4, 0.5) is 13.2 Å². The molecular formula is C31H34F3N3O5. The molecule has 0 aliphatic carbocycles. The van der Waals surface area contributed by atoms with Crippen LogP contribution in [-0.2, 0) is 19.3 Å². The van der Waals surface area contributed by atoms with Gasteiger partial charge in [0.2, 0.25) is 5.89 Å². The molecule has 2 aromatic heterocycles. The summed E-state index contributed by atoms with van der Waals surface area (Å²) in [7, 11) is 0. The van der Waals surface area contributed by atoms with Crippen molar-refractivity contribution in [2.75, 3.05) is 0 Å². The Morgan fingerprint density at radius 2 is 1.79 bits per heavy atom. The van der Waals surface area contributed by atoms with Crippen LogP contribution in [0.1, 0.15) is 74.5 Å². The Morgan fingerprint density at radius 3 is 2.48 bits per heavy atom. The first-order valence-electron chi connectivity index (χ1n) is 14.0. The Hall–Kier alpha value is -4.28. The molecule has 4 rings (SSSR count). The zero-order valence-electron chi connectivity index (χ0n) is 23.6. The number of aryl methyl sites for hydroxylation is 1. The minimum atomic E-state index is -4.42. The van der Waals surface area contributed by atoms with Gasteiger partial charge in [-0.15, -0.1) is 4.74 Å². The molecule has 0 aliphatic heterocycles. The molecule has 0 unspecified atom stereocenters. The van der Waals surface area contributed by atoms with E-state index >= 15 is 0 Å². The van der Waals surface area contributed by atoms with Gasteiger partial charge < -0.3 is 13.7 Å². The van der Waals surface area contributed by atoms with E-state index < -0.39 is 23.2 Å². The van der Waals surface area contributed by atoms with E-state index in [0.29, 0.717) is 22.8 Å². The maximum atomic E-state index is 12.9. The van der Waals surface area contributed by atoms with Crippen molar-refractivity contribution in [2.24, 2.45) is 0 Å². The van der Waals surface area contributed by atoms with Gasteiger partial charge in [0, 0.05) is 5.56 Å². The van der Waals surface area contributed by atoms with Crippen LogP contribution in [0.25, 0.3) is 17.0 Å². The third-order valence-electron chi connectivity index (χ3n) is 6.86. The average molecular weight is 586 g/mol. The number of alkyl halides is 3. The van der Waals surface area contributed by atoms with Crippen LogP contribution in [0.15, 0.2) is 73.1 Å². The summed E-state index contributed by atoms with van der Waals surface area (Å²) >= 11 is 0. The van der Waals surface area contributed by atoms with E-state index in [9.17, 15) is 22.8 Å². The summed E-state index contributed by atoms with van der Waals surface area (Å²) in [6.07, 6.45) is 5.04. The van der Waals surface area contributed by atoms with Gasteiger partial charge in [-0.2, -0.15) is 13.2 Å². The number of nitrogens with zero attached hydrogens (tertiary/aromatic N) is 2. The summed E-state index contributed by atoms with van der Waals surface area (Å²) < 4.78 is 56.3. The van der Waals surface area contributed by atoms with Gasteiger partial charge in [-0.1, -0.05) is 57.2 Å². The lowest BCUT2D eigenvalue weighted by Crippen LogP contribution is -2.16. The Morgan fingerprint density at radius 1 is 1.05 bits per heavy atom. The SMILES string of the molecule is CCCCCCCC/C(=C/Cn1oc(=O)[nH]c1=O)c1cccc(OCc2nc(-c3ccc(C(F)(F)F)cc3)oc2C)c1. The fourth-order valence-corrected chi connectivity index (χ4v) is 4.51. The number of hydrogen-bond acceptors (Lipinski definition) is 6. The van der Waals surface area contributed by atoms with Crippen LogP contribution in [0.2, 0.25) is 0 Å². The Bertz CT molecular complexity index is 1590. The number of halogens is 3. The summed E-state index contributed by atoms with van der Waals surface area (Å²) in [6, 6.07) is 12.2. The predicted octanol–water partition coefficient (Wildman–Crippen LogP) is 7.53. The normalized spacial score (nSPS) is 12.2. The third-order valence-corrected chi connectivity index (χ3v) is 6.86. The van der Waals surface area contributed by atoms with Crippen LogP contribution < -0.4 is 16.2 Å². The van der Waals surface area contributed by atoms with Gasteiger partial charge >= 0.3 is 17.6 Å². The molecule has 1 N–H and O–H groups in total. The zero-order valence-corrected chi connectivity index (χ0v) is 23.6. The number of unbranched alkanes of at least 4 members (excludes halogenated alkanes) is 5. The molecule has 0 spiro atoms. The van der Waals surface area contributed by atoms with Crippen LogP contribution in [-0.4, -0.2) is 14.7 Å². The Kier molecular flexibility index (Phi) is 10.3. The molecule has 11 heteroatoms. The second-order valence-electron chi connectivity index (χ2n) is 10.0. The van der Waals surface area contributed by atoms with E-state index in [-0.39, 0.29) is 19.0 Å². The topological polar surface area (TPSA) is 103 Å². The molecule has 0 saturated heterocycles. The Balaban J connectivity index is 1.46. The van der Waals surface area contributed by atoms with E-state index in [2.05, 4.69) is 16.9 Å². The van der Waals surface area contributed by atoms with E-state index in [4.69, 9.17) is 13.7 Å². The van der Waals surface area contributed by atoms with Gasteiger partial charge in [0.05, 0.1) is 12.1 Å². The minimum Gasteiger partial charge on any atom is -0.487 e. The van der Waals surface area contributed by atoms with Crippen molar-refractivity contribution in [1.82, 2.24) is 14.7 Å². The number of oxazole rings is 1. The van der Waals surface area contributed by atoms with Gasteiger partial charge in [0.15, 0.2) is 0 Å². The number of rotatable bonds is 14. The fourth-order valence-electron chi connectivity index (χ4n) is 4.51. The lowest BCUT2D eigenvalue weighted by atomic mass is 9.98. The Labute approximate surface area is 240 Å². The highest BCUT2D eigenvalue weighted by Crippen LogP contribution is 2.31. The average Bonchev–Trinajstić information content (AvgIpc) is 3.50. The number of allylic oxidation sites excluding steroid dienone is 2. The van der Waals surface area contributed by atoms with Crippen molar-refractivity contribution < 1.29 is 26.8 Å². The summed E-state index contributed by atoms with van der Waals surface area (Å²) in [5.74, 6) is 0.503. The third kappa shape index (κ3) is 8.37. The highest BCUT2D eigenvalue weighted by molar-refractivity contribution is 5.66. The number of ether oxygens (including phenoxy) is 1. The number of aromatic amines is 1. The van der Waals surface area contributed by atoms with Crippen molar-refractivity contribution in [3.8, 4) is 17.2 Å². The molecule has 0 fully saturated rings. The van der Waals surface area contributed by atoms with Crippen LogP contribution >= 0.6 is 0 Å². The highest BCUT2D eigenvalue weighted by Gasteiger charge is 2.30. The monoisotopic (exact) mass is 585 g/mol. The maximum Gasteiger partial charge on any atom is 0.440 e. The van der Waals surface area contributed by atoms with Gasteiger partial charge in [0.1, 0.15) is 23.8 Å². The van der Waals surface area contributed by atoms with Gasteiger partial charge in [-0.05, 0) is 67.3 Å². The van der Waals surface area contributed by atoms with Crippen molar-refractivity contribution in [3.05, 3.63) is 98.2 Å². The number of aromatic nitrogens is 3. The highest BCUT2D eigenvalue weighted by atomic mass is 19.4. The lowest BCUT2D eigenvalue weighted by Gasteiger charge is -2.11. The summed E-state index contributed by atoms with van der Waals surface area (Å²) in [5, 5.41) is 0. The molecule has 2 aromatic carbocycles. The quantitative estimate of drug-likeness (QED) is 0.154. The van der Waals surface area contributed by atoms with E-state index in [0.717, 1.165) is 53.7 Å². The number of H-pyrrole nitrogens is 1. The smallest absolute Gasteiger partial charge is 0.440 e. The van der Waals surface area contributed by atoms with E-state index in [1.165, 1.54) is 31.4 Å². The first-order valence-corrected chi connectivity index (χ1v) is 14.0. The molecule has 2 heterocycles. The van der Waals surface area contributed by atoms with Gasteiger partial charge in [-0.25, -0.2) is 19.6 Å². The van der Waals surface area contributed by atoms with Crippen molar-refractivity contribution in [3.63, 3.8) is 0 Å². The lowest BCUT2D eigenvalue weighted by molar-refractivity contribution is -0.137. The molecule has 0 radical (unpaired) electrons. The van der Waals surface area contributed by atoms with Gasteiger partial charge in [-0.3, -0.25) is 0 Å². The molecule has 0 atom stereocenters. The van der Waals surface area contributed by atoms with E-state index in [1.807, 2.05) is 30.3 Å². The number of hydrogen-bond donors (Lipinski definition) is 1. The molecule has 4 aromatic rings. The molecule has 0 aliphatic rings. The van der Waals surface area contributed by atoms with Crippen molar-refractivity contribution in [1.29, 1.82) is 0 Å². The fraction of sp³-hybridized carbons (Fsp3) is 0.387. The minimum absolute atomic E-state index is 0.0970. The van der Waals surface area contributed by atoms with Crippen molar-refractivity contribution >= 4 is 5.57 Å². The largest absolute Gasteiger partial charge is 0.487 e. The number of nitrogens with one attached hydrogen (secondary N) is 1. The second kappa shape index (κ2) is 14.1. The molecule has 8 nitrogen and oxygen atoms in total. The summed E-state index contributed by atoms with van der Waals surface area (Å²) in [4.78, 5) is 29.8. The maximum absolute atomic E-state index is 12.9. The van der Waals surface area contributed by atoms with Crippen LogP contribution in [0, 0.1) is 6.92 Å². The van der Waals surface area contributed by atoms with Crippen LogP contribution in [0.3, 0.4) is 0 Å². The standard InChI is InChI=1S/C31H34F3N3O5/c1-3-4-5-6-7-8-10-22(17-18-37-29(38)36-30(39)42-37)24-11-9-12-26(19-24)40-20-27-21(2)41-28(35-27)23-13-15-25(16-14-23)31(32,33)34/h9,11-17,19H,3-8,10,18,20H2,1-2H3,(H,36,38,39)/b22-17-. The molecule has 0 saturated carbocycles. The molecule has 42 heavy (non-hydrogen) atoms. The van der Waals surface area contributed by atoms with Crippen LogP contribution in [0.5, 0.6) is 5.75 Å². The van der Waals surface area contributed by atoms with Gasteiger partial charge in [0.25, 0.3) is 0 Å². The molecule has 224 valence electrons. The second-order valence-corrected chi connectivity index (χ2v) is 10.0. The van der Waals surface area contributed by atoms with E-state index in [1.54, 1.807) is 6.92 Å². The molecule has 0 amide bonds. The molecular weight excluding hydrogens is 551 g/mol. The number of benzene rings is 2.